The number of primary amides is 1. The third-order valence-electron chi connectivity index (χ3n) is 6.39. The molecule has 1 amide bonds. The molecule has 1 aliphatic carbocycles. The Morgan fingerprint density at radius 2 is 1.81 bits per heavy atom. The van der Waals surface area contributed by atoms with Crippen molar-refractivity contribution in [1.82, 2.24) is 15.0 Å². The van der Waals surface area contributed by atoms with Crippen LogP contribution in [0.2, 0.25) is 0 Å². The van der Waals surface area contributed by atoms with Gasteiger partial charge in [-0.05, 0) is 55.4 Å². The molecule has 5 N–H and O–H groups in total. The number of benzene rings is 2. The minimum Gasteiger partial charge on any atom is -0.393 e. The van der Waals surface area contributed by atoms with Gasteiger partial charge in [0.05, 0.1) is 22.0 Å². The van der Waals surface area contributed by atoms with E-state index in [1.807, 2.05) is 36.4 Å². The zero-order valence-corrected chi connectivity index (χ0v) is 20.8. The number of carbonyl (C=O) groups is 1. The number of nitrogens with zero attached hydrogens (tertiary/aromatic N) is 3. The second kappa shape index (κ2) is 11.0. The van der Waals surface area contributed by atoms with Gasteiger partial charge >= 0.3 is 0 Å². The molecule has 0 unspecified atom stereocenters. The van der Waals surface area contributed by atoms with Crippen LogP contribution in [0.25, 0.3) is 10.2 Å². The molecule has 186 valence electrons. The van der Waals surface area contributed by atoms with Crippen molar-refractivity contribution in [2.45, 2.75) is 57.1 Å². The second-order valence-corrected chi connectivity index (χ2v) is 10.3. The van der Waals surface area contributed by atoms with Crippen LogP contribution in [0.1, 0.15) is 48.9 Å². The lowest BCUT2D eigenvalue weighted by Crippen LogP contribution is -2.29. The molecule has 2 heterocycles. The molecule has 0 aliphatic heterocycles. The molecule has 36 heavy (non-hydrogen) atoms. The standard InChI is InChI=1S/C27H30N6O2S/c28-24(35)13-7-18-6-12-22-23(15-18)36-27(31-22)33-25-16-20(14-17-4-2-1-3-5-17)30-26(32-25)29-19-8-10-21(34)11-9-19/h1-6,12,15-16,19,21,34H,7-11,13-14H2,(H2,28,35)(H2,29,30,31,32,33)/t19-,21-. The van der Waals surface area contributed by atoms with Crippen molar-refractivity contribution >= 4 is 44.4 Å². The number of hydrogen-bond acceptors (Lipinski definition) is 8. The Kier molecular flexibility index (Phi) is 7.39. The molecule has 0 radical (unpaired) electrons. The molecule has 0 spiro atoms. The predicted molar refractivity (Wildman–Crippen MR) is 144 cm³/mol. The molecule has 0 atom stereocenters. The summed E-state index contributed by atoms with van der Waals surface area (Å²) in [7, 11) is 0. The highest BCUT2D eigenvalue weighted by Gasteiger charge is 2.20. The summed E-state index contributed by atoms with van der Waals surface area (Å²) in [5.74, 6) is 0.968. The molecule has 0 saturated heterocycles. The number of carbonyl (C=O) groups excluding carboxylic acids is 1. The number of hydrogen-bond donors (Lipinski definition) is 4. The molecule has 1 saturated carbocycles. The van der Waals surface area contributed by atoms with Gasteiger partial charge in [-0.15, -0.1) is 0 Å². The van der Waals surface area contributed by atoms with E-state index in [-0.39, 0.29) is 18.1 Å². The molecule has 4 aromatic rings. The zero-order valence-electron chi connectivity index (χ0n) is 20.0. The number of aliphatic hydroxyl groups excluding tert-OH is 1. The molecule has 1 fully saturated rings. The first-order chi connectivity index (χ1) is 17.5. The van der Waals surface area contributed by atoms with Gasteiger partial charge in [-0.3, -0.25) is 4.79 Å². The van der Waals surface area contributed by atoms with E-state index in [0.717, 1.165) is 52.3 Å². The highest BCUT2D eigenvalue weighted by Crippen LogP contribution is 2.30. The monoisotopic (exact) mass is 502 g/mol. The van der Waals surface area contributed by atoms with Crippen LogP contribution < -0.4 is 16.4 Å². The summed E-state index contributed by atoms with van der Waals surface area (Å²) in [6.07, 6.45) is 4.81. The third kappa shape index (κ3) is 6.35. The van der Waals surface area contributed by atoms with Crippen LogP contribution in [0.15, 0.2) is 54.6 Å². The summed E-state index contributed by atoms with van der Waals surface area (Å²) in [4.78, 5) is 25.4. The summed E-state index contributed by atoms with van der Waals surface area (Å²) in [6, 6.07) is 18.5. The van der Waals surface area contributed by atoms with Gasteiger partial charge < -0.3 is 21.5 Å². The van der Waals surface area contributed by atoms with Gasteiger partial charge in [0.2, 0.25) is 11.9 Å². The smallest absolute Gasteiger partial charge is 0.225 e. The average molecular weight is 503 g/mol. The van der Waals surface area contributed by atoms with Gasteiger partial charge in [-0.25, -0.2) is 9.97 Å². The normalized spacial score (nSPS) is 17.7. The maximum absolute atomic E-state index is 11.1. The van der Waals surface area contributed by atoms with Gasteiger partial charge in [-0.1, -0.05) is 47.7 Å². The van der Waals surface area contributed by atoms with E-state index in [0.29, 0.717) is 31.0 Å². The fourth-order valence-electron chi connectivity index (χ4n) is 4.48. The maximum Gasteiger partial charge on any atom is 0.225 e. The van der Waals surface area contributed by atoms with E-state index < -0.39 is 0 Å². The number of aliphatic hydroxyl groups is 1. The van der Waals surface area contributed by atoms with E-state index in [4.69, 9.17) is 20.7 Å². The van der Waals surface area contributed by atoms with Crippen LogP contribution >= 0.6 is 11.3 Å². The number of aryl methyl sites for hydroxylation is 1. The van der Waals surface area contributed by atoms with E-state index >= 15 is 0 Å². The van der Waals surface area contributed by atoms with Gasteiger partial charge in [0, 0.05) is 24.9 Å². The van der Waals surface area contributed by atoms with Gasteiger partial charge in [0.25, 0.3) is 0 Å². The fourth-order valence-corrected chi connectivity index (χ4v) is 5.42. The molecule has 5 rings (SSSR count). The lowest BCUT2D eigenvalue weighted by atomic mass is 9.93. The number of anilines is 3. The quantitative estimate of drug-likeness (QED) is 0.264. The van der Waals surface area contributed by atoms with E-state index in [9.17, 15) is 9.90 Å². The number of amides is 1. The Hall–Kier alpha value is -3.56. The molecule has 1 aliphatic rings. The summed E-state index contributed by atoms with van der Waals surface area (Å²) in [5.41, 5.74) is 9.34. The summed E-state index contributed by atoms with van der Waals surface area (Å²) >= 11 is 1.55. The van der Waals surface area contributed by atoms with Crippen molar-refractivity contribution in [1.29, 1.82) is 0 Å². The van der Waals surface area contributed by atoms with Crippen molar-refractivity contribution in [3.05, 3.63) is 71.4 Å². The molecule has 2 aromatic carbocycles. The third-order valence-corrected chi connectivity index (χ3v) is 7.32. The zero-order chi connectivity index (χ0) is 24.9. The first-order valence-corrected chi connectivity index (χ1v) is 13.1. The van der Waals surface area contributed by atoms with Crippen molar-refractivity contribution < 1.29 is 9.90 Å². The van der Waals surface area contributed by atoms with Crippen LogP contribution in [0.4, 0.5) is 16.9 Å². The Morgan fingerprint density at radius 1 is 1.00 bits per heavy atom. The largest absolute Gasteiger partial charge is 0.393 e. The predicted octanol–water partition coefficient (Wildman–Crippen LogP) is 4.55. The van der Waals surface area contributed by atoms with Crippen molar-refractivity contribution in [3.63, 3.8) is 0 Å². The highest BCUT2D eigenvalue weighted by molar-refractivity contribution is 7.22. The minimum absolute atomic E-state index is 0.207. The number of thiazole rings is 1. The van der Waals surface area contributed by atoms with Crippen LogP contribution in [0.5, 0.6) is 0 Å². The molecular weight excluding hydrogens is 472 g/mol. The Labute approximate surface area is 214 Å². The van der Waals surface area contributed by atoms with Crippen molar-refractivity contribution in [3.8, 4) is 0 Å². The molecule has 0 bridgehead atoms. The highest BCUT2D eigenvalue weighted by atomic mass is 32.1. The van der Waals surface area contributed by atoms with Crippen molar-refractivity contribution in [2.75, 3.05) is 10.6 Å². The summed E-state index contributed by atoms with van der Waals surface area (Å²) in [6.45, 7) is 0. The Morgan fingerprint density at radius 3 is 2.58 bits per heavy atom. The second-order valence-electron chi connectivity index (χ2n) is 9.29. The number of nitrogens with one attached hydrogen (secondary N) is 2. The number of fused-ring (bicyclic) bond motifs is 1. The van der Waals surface area contributed by atoms with E-state index in [1.54, 1.807) is 11.3 Å². The van der Waals surface area contributed by atoms with Crippen LogP contribution in [-0.2, 0) is 17.6 Å². The van der Waals surface area contributed by atoms with Crippen LogP contribution in [0, 0.1) is 0 Å². The van der Waals surface area contributed by atoms with Crippen LogP contribution in [-0.4, -0.2) is 38.1 Å². The number of nitrogens with two attached hydrogens (primary N) is 1. The topological polar surface area (TPSA) is 126 Å². The number of aromatic nitrogens is 3. The summed E-state index contributed by atoms with van der Waals surface area (Å²) < 4.78 is 1.04. The molecule has 2 aromatic heterocycles. The van der Waals surface area contributed by atoms with Crippen molar-refractivity contribution in [2.24, 2.45) is 5.73 Å². The Balaban J connectivity index is 1.38. The summed E-state index contributed by atoms with van der Waals surface area (Å²) in [5, 5.41) is 17.4. The Bertz CT molecular complexity index is 1330. The SMILES string of the molecule is NC(=O)CCc1ccc2nc(Nc3cc(Cc4ccccc4)nc(N[C@H]4CC[C@H](O)CC4)n3)sc2c1. The first kappa shape index (κ1) is 24.1. The van der Waals surface area contributed by atoms with Gasteiger partial charge in [0.1, 0.15) is 5.82 Å². The maximum atomic E-state index is 11.1. The minimum atomic E-state index is -0.300. The first-order valence-electron chi connectivity index (χ1n) is 12.3. The molecule has 8 nitrogen and oxygen atoms in total. The lowest BCUT2D eigenvalue weighted by Gasteiger charge is -2.26. The number of rotatable bonds is 9. The van der Waals surface area contributed by atoms with Crippen LogP contribution in [0.3, 0.4) is 0 Å². The van der Waals surface area contributed by atoms with E-state index in [1.165, 1.54) is 5.56 Å². The molecular formula is C27H30N6O2S. The molecule has 9 heteroatoms. The van der Waals surface area contributed by atoms with E-state index in [2.05, 4.69) is 28.8 Å². The van der Waals surface area contributed by atoms with Gasteiger partial charge in [0.15, 0.2) is 5.13 Å². The fraction of sp³-hybridized carbons (Fsp3) is 0.333. The van der Waals surface area contributed by atoms with Gasteiger partial charge in [-0.2, -0.15) is 4.98 Å². The lowest BCUT2D eigenvalue weighted by molar-refractivity contribution is -0.117. The average Bonchev–Trinajstić information content (AvgIpc) is 3.26.